The van der Waals surface area contributed by atoms with Crippen molar-refractivity contribution in [1.82, 2.24) is 0 Å². The summed E-state index contributed by atoms with van der Waals surface area (Å²) in [5.41, 5.74) is 0. The fraction of sp³-hybridized carbons (Fsp3) is 1.00. The van der Waals surface area contributed by atoms with Crippen molar-refractivity contribution in [3.8, 4) is 0 Å². The van der Waals surface area contributed by atoms with Gasteiger partial charge in [-0.05, 0) is 10.8 Å². The second kappa shape index (κ2) is 1.89. The van der Waals surface area contributed by atoms with E-state index in [-0.39, 0.29) is 5.75 Å². The molecule has 1 aliphatic heterocycles. The van der Waals surface area contributed by atoms with Gasteiger partial charge in [-0.1, -0.05) is 0 Å². The topological polar surface area (TPSA) is 54.4 Å². The molecule has 0 bridgehead atoms. The van der Waals surface area contributed by atoms with Gasteiger partial charge >= 0.3 is 0 Å². The average Bonchev–Trinajstić information content (AvgIpc) is 1.82. The molecule has 0 aliphatic carbocycles. The van der Waals surface area contributed by atoms with E-state index in [0.29, 0.717) is 5.75 Å². The van der Waals surface area contributed by atoms with Gasteiger partial charge < -0.3 is 5.11 Å². The summed E-state index contributed by atoms with van der Waals surface area (Å²) in [6.45, 7) is 0. The van der Waals surface area contributed by atoms with Crippen LogP contribution in [0.1, 0.15) is 0 Å². The highest BCUT2D eigenvalue weighted by Gasteiger charge is 2.26. The van der Waals surface area contributed by atoms with Gasteiger partial charge in [-0.3, -0.25) is 0 Å². The van der Waals surface area contributed by atoms with Gasteiger partial charge in [0.1, 0.15) is 0 Å². The smallest absolute Gasteiger partial charge is 0.204 e. The van der Waals surface area contributed by atoms with Crippen molar-refractivity contribution in [1.29, 1.82) is 0 Å². The number of aliphatic hydroxyl groups excluding tert-OH is 1. The molecule has 0 saturated carbocycles. The minimum absolute atomic E-state index is 0.0718. The Morgan fingerprint density at radius 2 is 2.25 bits per heavy atom. The zero-order valence-electron chi connectivity index (χ0n) is 4.07. The molecule has 1 heterocycles. The lowest BCUT2D eigenvalue weighted by atomic mass is 10.5. The Bertz CT molecular complexity index is 171. The minimum Gasteiger partial charge on any atom is -0.391 e. The van der Waals surface area contributed by atoms with Crippen LogP contribution in [0.4, 0.5) is 0 Å². The van der Waals surface area contributed by atoms with E-state index in [1.165, 1.54) is 0 Å². The fourth-order valence-electron chi connectivity index (χ4n) is 0.514. The van der Waals surface area contributed by atoms with Gasteiger partial charge in [0.05, 0.1) is 11.9 Å². The van der Waals surface area contributed by atoms with Crippen LogP contribution in [0.25, 0.3) is 0 Å². The Morgan fingerprint density at radius 1 is 1.62 bits per heavy atom. The molecule has 0 unspecified atom stereocenters. The van der Waals surface area contributed by atoms with Crippen LogP contribution < -0.4 is 0 Å². The summed E-state index contributed by atoms with van der Waals surface area (Å²) in [6.07, 6.45) is -0.634. The molecule has 0 radical (unpaired) electrons. The lowest BCUT2D eigenvalue weighted by Gasteiger charge is -1.88. The predicted molar refractivity (Wildman–Crippen MR) is 32.3 cm³/mol. The summed E-state index contributed by atoms with van der Waals surface area (Å²) < 4.78 is 20.9. The van der Waals surface area contributed by atoms with Crippen molar-refractivity contribution >= 4 is 19.7 Å². The van der Waals surface area contributed by atoms with Crippen LogP contribution in [0.15, 0.2) is 0 Å². The van der Waals surface area contributed by atoms with Crippen LogP contribution in [-0.4, -0.2) is 31.1 Å². The van der Waals surface area contributed by atoms with Crippen LogP contribution in [0.2, 0.25) is 0 Å². The highest BCUT2D eigenvalue weighted by Crippen LogP contribution is 2.22. The minimum atomic E-state index is -2.93. The van der Waals surface area contributed by atoms with Gasteiger partial charge in [-0.25, -0.2) is 8.42 Å². The van der Waals surface area contributed by atoms with Gasteiger partial charge in [-0.2, -0.15) is 0 Å². The predicted octanol–water partition coefficient (Wildman–Crippen LogP) is -0.576. The Morgan fingerprint density at radius 3 is 2.38 bits per heavy atom. The number of hydrogen-bond donors (Lipinski definition) is 1. The van der Waals surface area contributed by atoms with E-state index in [1.54, 1.807) is 0 Å². The molecular weight excluding hydrogens is 148 g/mol. The average molecular weight is 154 g/mol. The summed E-state index contributed by atoms with van der Waals surface area (Å²) in [5.74, 6) is 0.264. The van der Waals surface area contributed by atoms with Crippen LogP contribution in [-0.2, 0) is 8.87 Å². The maximum absolute atomic E-state index is 10.4. The van der Waals surface area contributed by atoms with Gasteiger partial charge in [0.25, 0.3) is 0 Å². The molecule has 0 amide bonds. The maximum Gasteiger partial charge on any atom is 0.204 e. The normalized spacial score (nSPS) is 35.4. The largest absolute Gasteiger partial charge is 0.391 e. The number of hydrogen-bond acceptors (Lipinski definition) is 4. The van der Waals surface area contributed by atoms with Crippen molar-refractivity contribution in [2.75, 3.05) is 11.5 Å². The van der Waals surface area contributed by atoms with Gasteiger partial charge in [-0.15, -0.1) is 0 Å². The molecule has 1 aliphatic rings. The summed E-state index contributed by atoms with van der Waals surface area (Å²) >= 11 is 0. The molecule has 1 rings (SSSR count). The third-order valence-electron chi connectivity index (χ3n) is 0.836. The summed E-state index contributed by atoms with van der Waals surface area (Å²) in [6, 6.07) is 0. The van der Waals surface area contributed by atoms with Crippen LogP contribution in [0.5, 0.6) is 0 Å². The Kier molecular flexibility index (Phi) is 1.51. The highest BCUT2D eigenvalue weighted by molar-refractivity contribution is 8.72. The van der Waals surface area contributed by atoms with Crippen LogP contribution in [0.3, 0.4) is 0 Å². The Hall–Kier alpha value is 0.260. The van der Waals surface area contributed by atoms with Crippen molar-refractivity contribution in [3.63, 3.8) is 0 Å². The monoisotopic (exact) mass is 154 g/mol. The number of aliphatic hydroxyl groups is 1. The van der Waals surface area contributed by atoms with E-state index in [4.69, 9.17) is 5.11 Å². The molecule has 1 atom stereocenters. The summed E-state index contributed by atoms with van der Waals surface area (Å²) in [4.78, 5) is 0. The molecule has 5 heteroatoms. The Balaban J connectivity index is 2.71. The molecule has 8 heavy (non-hydrogen) atoms. The molecule has 0 aromatic rings. The lowest BCUT2D eigenvalue weighted by Crippen LogP contribution is -2.09. The van der Waals surface area contributed by atoms with Crippen LogP contribution in [0, 0.1) is 0 Å². The third kappa shape index (κ3) is 1.37. The van der Waals surface area contributed by atoms with Crippen LogP contribution >= 0.6 is 10.8 Å². The standard InChI is InChI=1S/C3H6O3S2/c4-3-1-7-8(5,6)2-3/h3-4H,1-2H2/t3-/m1/s1. The maximum atomic E-state index is 10.4. The van der Waals surface area contributed by atoms with E-state index in [0.717, 1.165) is 10.8 Å². The first kappa shape index (κ1) is 6.38. The molecule has 3 nitrogen and oxygen atoms in total. The van der Waals surface area contributed by atoms with Crippen molar-refractivity contribution in [2.45, 2.75) is 6.10 Å². The quantitative estimate of drug-likeness (QED) is 0.474. The van der Waals surface area contributed by atoms with Crippen molar-refractivity contribution in [2.24, 2.45) is 0 Å². The summed E-state index contributed by atoms with van der Waals surface area (Å²) in [7, 11) is -2.10. The highest BCUT2D eigenvalue weighted by atomic mass is 33.1. The second-order valence-electron chi connectivity index (χ2n) is 1.66. The first-order chi connectivity index (χ1) is 3.60. The molecule has 1 saturated heterocycles. The van der Waals surface area contributed by atoms with Crippen molar-refractivity contribution < 1.29 is 13.5 Å². The van der Waals surface area contributed by atoms with Gasteiger partial charge in [0.15, 0.2) is 0 Å². The van der Waals surface area contributed by atoms with E-state index in [9.17, 15) is 8.42 Å². The molecule has 1 N–H and O–H groups in total. The zero-order valence-corrected chi connectivity index (χ0v) is 5.70. The molecule has 0 spiro atoms. The SMILES string of the molecule is O=S1(=O)C[C@H](O)CS1. The summed E-state index contributed by atoms with van der Waals surface area (Å²) in [5, 5.41) is 8.66. The fourth-order valence-corrected chi connectivity index (χ4v) is 3.68. The lowest BCUT2D eigenvalue weighted by molar-refractivity contribution is 0.225. The second-order valence-corrected chi connectivity index (χ2v) is 5.91. The molecule has 1 fully saturated rings. The van der Waals surface area contributed by atoms with E-state index in [2.05, 4.69) is 0 Å². The van der Waals surface area contributed by atoms with Crippen molar-refractivity contribution in [3.05, 3.63) is 0 Å². The first-order valence-corrected chi connectivity index (χ1v) is 5.31. The molecule has 0 aromatic heterocycles. The third-order valence-corrected chi connectivity index (χ3v) is 4.40. The van der Waals surface area contributed by atoms with E-state index >= 15 is 0 Å². The first-order valence-electron chi connectivity index (χ1n) is 2.15. The molecular formula is C3H6O3S2. The number of rotatable bonds is 0. The molecule has 48 valence electrons. The molecule has 0 aromatic carbocycles. The van der Waals surface area contributed by atoms with Gasteiger partial charge in [0.2, 0.25) is 8.87 Å². The van der Waals surface area contributed by atoms with E-state index < -0.39 is 15.0 Å². The Labute approximate surface area is 51.4 Å². The van der Waals surface area contributed by atoms with Gasteiger partial charge in [0, 0.05) is 5.75 Å². The van der Waals surface area contributed by atoms with E-state index in [1.807, 2.05) is 0 Å². The zero-order chi connectivity index (χ0) is 6.20.